The van der Waals surface area contributed by atoms with Crippen molar-refractivity contribution in [3.8, 4) is 11.1 Å². The van der Waals surface area contributed by atoms with Crippen LogP contribution >= 0.6 is 0 Å². The molecule has 0 aliphatic rings. The van der Waals surface area contributed by atoms with Gasteiger partial charge in [-0.3, -0.25) is 9.89 Å². The molecule has 0 spiro atoms. The Kier molecular flexibility index (Phi) is 2.26. The third-order valence-corrected chi connectivity index (χ3v) is 2.86. The first kappa shape index (κ1) is 10.7. The first-order valence-corrected chi connectivity index (χ1v) is 5.49. The van der Waals surface area contributed by atoms with Gasteiger partial charge in [-0.15, -0.1) is 0 Å². The lowest BCUT2D eigenvalue weighted by molar-refractivity contribution is 0.628. The van der Waals surface area contributed by atoms with Crippen molar-refractivity contribution in [2.24, 2.45) is 0 Å². The van der Waals surface area contributed by atoms with Gasteiger partial charge in [-0.2, -0.15) is 0 Å². The number of halogens is 1. The van der Waals surface area contributed by atoms with Crippen molar-refractivity contribution in [1.29, 1.82) is 0 Å². The topological polar surface area (TPSA) is 50.2 Å². The molecule has 0 fully saturated rings. The van der Waals surface area contributed by atoms with Crippen molar-refractivity contribution in [3.63, 3.8) is 0 Å². The Labute approximate surface area is 102 Å². The van der Waals surface area contributed by atoms with Gasteiger partial charge in [0.25, 0.3) is 5.56 Å². The number of benzene rings is 1. The van der Waals surface area contributed by atoms with Crippen molar-refractivity contribution in [1.82, 2.24) is 14.6 Å². The summed E-state index contributed by atoms with van der Waals surface area (Å²) in [6.07, 6.45) is 1.47. The molecule has 4 nitrogen and oxygen atoms in total. The first-order chi connectivity index (χ1) is 8.66. The molecule has 0 radical (unpaired) electrons. The molecule has 18 heavy (non-hydrogen) atoms. The molecule has 3 aromatic rings. The number of aromatic amines is 1. The average Bonchev–Trinajstić information content (AvgIpc) is 2.69. The van der Waals surface area contributed by atoms with Crippen LogP contribution in [0.25, 0.3) is 16.8 Å². The molecule has 0 saturated carbocycles. The fourth-order valence-electron chi connectivity index (χ4n) is 2.05. The minimum atomic E-state index is -0.290. The summed E-state index contributed by atoms with van der Waals surface area (Å²) in [6.45, 7) is 1.85. The minimum absolute atomic E-state index is 0.170. The van der Waals surface area contributed by atoms with Gasteiger partial charge in [0, 0.05) is 23.5 Å². The Morgan fingerprint density at radius 2 is 1.94 bits per heavy atom. The highest BCUT2D eigenvalue weighted by Gasteiger charge is 2.12. The molecular weight excluding hydrogens is 233 g/mol. The van der Waals surface area contributed by atoms with Crippen molar-refractivity contribution in [2.45, 2.75) is 6.92 Å². The fourth-order valence-corrected chi connectivity index (χ4v) is 2.05. The predicted octanol–water partition coefficient (Wildman–Crippen LogP) is 2.14. The number of H-pyrrole nitrogens is 1. The maximum atomic E-state index is 12.9. The number of aromatic nitrogens is 3. The van der Waals surface area contributed by atoms with E-state index in [1.807, 2.05) is 6.92 Å². The molecule has 0 aliphatic carbocycles. The van der Waals surface area contributed by atoms with E-state index < -0.39 is 0 Å². The zero-order valence-corrected chi connectivity index (χ0v) is 9.64. The molecule has 0 amide bonds. The van der Waals surface area contributed by atoms with Crippen LogP contribution in [0.3, 0.4) is 0 Å². The second kappa shape index (κ2) is 3.80. The molecule has 0 saturated heterocycles. The van der Waals surface area contributed by atoms with E-state index in [1.165, 1.54) is 28.9 Å². The van der Waals surface area contributed by atoms with E-state index in [2.05, 4.69) is 10.1 Å². The Hall–Kier alpha value is -2.43. The largest absolute Gasteiger partial charge is 0.293 e. The molecule has 0 atom stereocenters. The van der Waals surface area contributed by atoms with Gasteiger partial charge in [0.1, 0.15) is 5.82 Å². The number of nitrogens with zero attached hydrogens (tertiary/aromatic N) is 2. The van der Waals surface area contributed by atoms with E-state index in [0.29, 0.717) is 5.65 Å². The third kappa shape index (κ3) is 1.52. The molecule has 0 bridgehead atoms. The maximum absolute atomic E-state index is 12.9. The number of rotatable bonds is 1. The summed E-state index contributed by atoms with van der Waals surface area (Å²) < 4.78 is 14.3. The van der Waals surface area contributed by atoms with Crippen LogP contribution in [0, 0.1) is 12.7 Å². The molecule has 1 aromatic carbocycles. The van der Waals surface area contributed by atoms with Gasteiger partial charge in [0.05, 0.1) is 0 Å². The molecule has 0 unspecified atom stereocenters. The molecule has 1 N–H and O–H groups in total. The highest BCUT2D eigenvalue weighted by Crippen LogP contribution is 2.26. The smallest absolute Gasteiger partial charge is 0.272 e. The van der Waals surface area contributed by atoms with Gasteiger partial charge >= 0.3 is 0 Å². The average molecular weight is 243 g/mol. The molecule has 3 rings (SSSR count). The number of hydrogen-bond donors (Lipinski definition) is 1. The second-order valence-corrected chi connectivity index (χ2v) is 4.06. The summed E-state index contributed by atoms with van der Waals surface area (Å²) in [5.41, 5.74) is 2.83. The van der Waals surface area contributed by atoms with Crippen LogP contribution in [0.15, 0.2) is 41.3 Å². The number of nitrogens with one attached hydrogen (secondary N) is 1. The summed E-state index contributed by atoms with van der Waals surface area (Å²) in [6, 6.07) is 7.51. The van der Waals surface area contributed by atoms with E-state index in [-0.39, 0.29) is 11.4 Å². The Balaban J connectivity index is 2.35. The van der Waals surface area contributed by atoms with E-state index >= 15 is 0 Å². The van der Waals surface area contributed by atoms with E-state index in [9.17, 15) is 9.18 Å². The lowest BCUT2D eigenvalue weighted by Gasteiger charge is -1.99. The summed E-state index contributed by atoms with van der Waals surface area (Å²) in [4.78, 5) is 15.9. The van der Waals surface area contributed by atoms with Crippen molar-refractivity contribution < 1.29 is 4.39 Å². The van der Waals surface area contributed by atoms with Crippen molar-refractivity contribution >= 4 is 5.65 Å². The van der Waals surface area contributed by atoms with Crippen LogP contribution in [-0.4, -0.2) is 14.6 Å². The standard InChI is InChI=1S/C13H10FN3O/c1-8-12(9-2-4-10(14)5-3-9)13-15-7-6-11(18)17(13)16-8/h2-7,16H,1H3. The molecule has 2 heterocycles. The summed E-state index contributed by atoms with van der Waals surface area (Å²) in [5.74, 6) is -0.290. The van der Waals surface area contributed by atoms with Crippen LogP contribution in [0.4, 0.5) is 4.39 Å². The zero-order valence-electron chi connectivity index (χ0n) is 9.64. The summed E-state index contributed by atoms with van der Waals surface area (Å²) in [5, 5.41) is 2.96. The molecule has 0 aliphatic heterocycles. The molecule has 5 heteroatoms. The van der Waals surface area contributed by atoms with Crippen LogP contribution in [-0.2, 0) is 0 Å². The minimum Gasteiger partial charge on any atom is -0.293 e. The van der Waals surface area contributed by atoms with Crippen LogP contribution in [0.5, 0.6) is 0 Å². The highest BCUT2D eigenvalue weighted by molar-refractivity contribution is 5.79. The molecular formula is C13H10FN3O. The van der Waals surface area contributed by atoms with Crippen molar-refractivity contribution in [2.75, 3.05) is 0 Å². The van der Waals surface area contributed by atoms with Gasteiger partial charge in [-0.05, 0) is 24.6 Å². The monoisotopic (exact) mass is 243 g/mol. The lowest BCUT2D eigenvalue weighted by atomic mass is 10.1. The molecule has 90 valence electrons. The summed E-state index contributed by atoms with van der Waals surface area (Å²) in [7, 11) is 0. The van der Waals surface area contributed by atoms with E-state index in [4.69, 9.17) is 0 Å². The van der Waals surface area contributed by atoms with Gasteiger partial charge in [0.2, 0.25) is 0 Å². The first-order valence-electron chi connectivity index (χ1n) is 5.49. The van der Waals surface area contributed by atoms with Gasteiger partial charge in [0.15, 0.2) is 5.65 Å². The van der Waals surface area contributed by atoms with Crippen LogP contribution in [0.1, 0.15) is 5.69 Å². The van der Waals surface area contributed by atoms with E-state index in [1.54, 1.807) is 12.1 Å². The number of aryl methyl sites for hydroxylation is 1. The van der Waals surface area contributed by atoms with Gasteiger partial charge in [-0.1, -0.05) is 12.1 Å². The van der Waals surface area contributed by atoms with Crippen LogP contribution in [0.2, 0.25) is 0 Å². The fraction of sp³-hybridized carbons (Fsp3) is 0.0769. The SMILES string of the molecule is Cc1[nH]n2c(=O)ccnc2c1-c1ccc(F)cc1. The Morgan fingerprint density at radius 3 is 2.67 bits per heavy atom. The number of fused-ring (bicyclic) bond motifs is 1. The van der Waals surface area contributed by atoms with Gasteiger partial charge < -0.3 is 0 Å². The summed E-state index contributed by atoms with van der Waals surface area (Å²) >= 11 is 0. The Bertz CT molecular complexity index is 771. The van der Waals surface area contributed by atoms with E-state index in [0.717, 1.165) is 16.8 Å². The lowest BCUT2D eigenvalue weighted by Crippen LogP contribution is -2.12. The van der Waals surface area contributed by atoms with Crippen LogP contribution < -0.4 is 5.56 Å². The highest BCUT2D eigenvalue weighted by atomic mass is 19.1. The Morgan fingerprint density at radius 1 is 1.22 bits per heavy atom. The van der Waals surface area contributed by atoms with Crippen molar-refractivity contribution in [3.05, 3.63) is 58.4 Å². The second-order valence-electron chi connectivity index (χ2n) is 4.06. The van der Waals surface area contributed by atoms with Gasteiger partial charge in [-0.25, -0.2) is 13.9 Å². The maximum Gasteiger partial charge on any atom is 0.272 e. The predicted molar refractivity (Wildman–Crippen MR) is 65.9 cm³/mol. The number of hydrogen-bond acceptors (Lipinski definition) is 2. The normalized spacial score (nSPS) is 11.0. The quantitative estimate of drug-likeness (QED) is 0.711. The zero-order chi connectivity index (χ0) is 12.7. The third-order valence-electron chi connectivity index (χ3n) is 2.86. The molecule has 2 aromatic heterocycles.